The molecule has 0 radical (unpaired) electrons. The number of nitrogens with zero attached hydrogens (tertiary/aromatic N) is 1. The molecule has 0 aliphatic rings. The second-order valence-electron chi connectivity index (χ2n) is 5.86. The van der Waals surface area contributed by atoms with E-state index in [2.05, 4.69) is 10.3 Å². The first-order valence-corrected chi connectivity index (χ1v) is 8.65. The van der Waals surface area contributed by atoms with E-state index >= 15 is 0 Å². The normalized spacial score (nSPS) is 10.8. The maximum Gasteiger partial charge on any atom is 0.310 e. The Morgan fingerprint density at radius 2 is 2.04 bits per heavy atom. The molecule has 0 unspecified atom stereocenters. The number of amides is 1. The molecule has 0 aliphatic carbocycles. The zero-order valence-corrected chi connectivity index (χ0v) is 15.0. The van der Waals surface area contributed by atoms with Gasteiger partial charge in [-0.05, 0) is 37.1 Å². The minimum atomic E-state index is -0.352. The van der Waals surface area contributed by atoms with Crippen molar-refractivity contribution in [2.45, 2.75) is 33.8 Å². The fraction of sp³-hybridized carbons (Fsp3) is 0.278. The molecule has 0 bridgehead atoms. The number of carbonyl (C=O) groups is 2. The first-order valence-electron chi connectivity index (χ1n) is 7.77. The highest BCUT2D eigenvalue weighted by atomic mass is 32.1. The van der Waals surface area contributed by atoms with Crippen molar-refractivity contribution < 1.29 is 18.7 Å². The lowest BCUT2D eigenvalue weighted by molar-refractivity contribution is -0.144. The lowest BCUT2D eigenvalue weighted by atomic mass is 10.0. The number of anilines is 1. The molecule has 0 atom stereocenters. The number of hydrogen-bond acceptors (Lipinski definition) is 6. The van der Waals surface area contributed by atoms with Gasteiger partial charge >= 0.3 is 5.97 Å². The fourth-order valence-electron chi connectivity index (χ4n) is 2.42. The summed E-state index contributed by atoms with van der Waals surface area (Å²) in [6.07, 6.45) is 1.74. The number of hydrogen-bond donors (Lipinski definition) is 1. The highest BCUT2D eigenvalue weighted by Crippen LogP contribution is 2.25. The molecule has 130 valence electrons. The zero-order valence-electron chi connectivity index (χ0n) is 14.2. The van der Waals surface area contributed by atoms with Crippen molar-refractivity contribution >= 4 is 39.3 Å². The van der Waals surface area contributed by atoms with Gasteiger partial charge in [-0.2, -0.15) is 0 Å². The number of aryl methyl sites for hydroxylation is 2. The summed E-state index contributed by atoms with van der Waals surface area (Å²) in [6, 6.07) is 4.00. The molecule has 1 N–H and O–H groups in total. The summed E-state index contributed by atoms with van der Waals surface area (Å²) in [5, 5.41) is 5.77. The quantitative estimate of drug-likeness (QED) is 0.703. The van der Waals surface area contributed by atoms with Gasteiger partial charge in [0, 0.05) is 23.3 Å². The van der Waals surface area contributed by atoms with Crippen LogP contribution in [0.15, 0.2) is 28.2 Å². The number of rotatable bonds is 5. The van der Waals surface area contributed by atoms with Gasteiger partial charge in [-0.25, -0.2) is 4.98 Å². The Morgan fingerprint density at radius 3 is 2.80 bits per heavy atom. The molecule has 0 aliphatic heterocycles. The van der Waals surface area contributed by atoms with Gasteiger partial charge in [0.15, 0.2) is 5.13 Å². The first-order chi connectivity index (χ1) is 11.9. The number of nitrogens with one attached hydrogen (secondary N) is 1. The summed E-state index contributed by atoms with van der Waals surface area (Å²) in [7, 11) is 0. The van der Waals surface area contributed by atoms with Crippen LogP contribution in [0.3, 0.4) is 0 Å². The van der Waals surface area contributed by atoms with E-state index in [4.69, 9.17) is 9.15 Å². The van der Waals surface area contributed by atoms with Crippen molar-refractivity contribution in [1.82, 2.24) is 4.98 Å². The standard InChI is InChI=1S/C18H18N2O4S/c1-10-4-15-13(7-23-16(15)5-11(10)2)6-17(22)24-8-14-9-25-18(20-14)19-12(3)21/h4-5,7,9H,6,8H2,1-3H3,(H,19,20,21). The topological polar surface area (TPSA) is 81.4 Å². The molecule has 0 fully saturated rings. The Hall–Kier alpha value is -2.67. The third kappa shape index (κ3) is 4.06. The van der Waals surface area contributed by atoms with Crippen LogP contribution >= 0.6 is 11.3 Å². The molecule has 7 heteroatoms. The first kappa shape index (κ1) is 17.2. The molecular weight excluding hydrogens is 340 g/mol. The fourth-order valence-corrected chi connectivity index (χ4v) is 3.16. The van der Waals surface area contributed by atoms with Gasteiger partial charge in [-0.1, -0.05) is 0 Å². The molecule has 6 nitrogen and oxygen atoms in total. The lowest BCUT2D eigenvalue weighted by Gasteiger charge is -2.03. The van der Waals surface area contributed by atoms with E-state index in [1.807, 2.05) is 26.0 Å². The van der Waals surface area contributed by atoms with Crippen molar-refractivity contribution in [3.05, 3.63) is 46.2 Å². The maximum absolute atomic E-state index is 12.1. The monoisotopic (exact) mass is 358 g/mol. The smallest absolute Gasteiger partial charge is 0.310 e. The summed E-state index contributed by atoms with van der Waals surface area (Å²) in [6.45, 7) is 5.54. The van der Waals surface area contributed by atoms with Crippen LogP contribution in [-0.4, -0.2) is 16.9 Å². The van der Waals surface area contributed by atoms with Crippen LogP contribution in [0.1, 0.15) is 29.3 Å². The number of esters is 1. The number of furan rings is 1. The van der Waals surface area contributed by atoms with Gasteiger partial charge in [0.2, 0.25) is 5.91 Å². The summed E-state index contributed by atoms with van der Waals surface area (Å²) in [5.41, 5.74) is 4.47. The number of carbonyl (C=O) groups excluding carboxylic acids is 2. The number of ether oxygens (including phenoxy) is 1. The Bertz CT molecular complexity index is 942. The van der Waals surface area contributed by atoms with Crippen LogP contribution in [0.5, 0.6) is 0 Å². The van der Waals surface area contributed by atoms with Crippen LogP contribution in [-0.2, 0) is 27.4 Å². The number of thiazole rings is 1. The SMILES string of the molecule is CC(=O)Nc1nc(COC(=O)Cc2coc3cc(C)c(C)cc23)cs1. The lowest BCUT2D eigenvalue weighted by Crippen LogP contribution is -2.08. The predicted octanol–water partition coefficient (Wildman–Crippen LogP) is 3.75. The summed E-state index contributed by atoms with van der Waals surface area (Å²) in [4.78, 5) is 27.3. The molecule has 1 amide bonds. The van der Waals surface area contributed by atoms with Crippen LogP contribution in [0, 0.1) is 13.8 Å². The molecule has 1 aromatic carbocycles. The number of benzene rings is 1. The molecule has 0 spiro atoms. The minimum absolute atomic E-state index is 0.0723. The second kappa shape index (κ2) is 7.06. The number of fused-ring (bicyclic) bond motifs is 1. The van der Waals surface area contributed by atoms with Crippen molar-refractivity contribution in [1.29, 1.82) is 0 Å². The highest BCUT2D eigenvalue weighted by Gasteiger charge is 2.13. The molecular formula is C18H18N2O4S. The van der Waals surface area contributed by atoms with Gasteiger partial charge in [-0.3, -0.25) is 9.59 Å². The van der Waals surface area contributed by atoms with Gasteiger partial charge in [-0.15, -0.1) is 11.3 Å². The molecule has 2 aromatic heterocycles. The van der Waals surface area contributed by atoms with Crippen LogP contribution in [0.25, 0.3) is 11.0 Å². The van der Waals surface area contributed by atoms with E-state index in [0.29, 0.717) is 10.8 Å². The summed E-state index contributed by atoms with van der Waals surface area (Å²) >= 11 is 1.29. The molecule has 2 heterocycles. The molecule has 3 rings (SSSR count). The van der Waals surface area contributed by atoms with Crippen molar-refractivity contribution in [3.63, 3.8) is 0 Å². The third-order valence-electron chi connectivity index (χ3n) is 3.82. The zero-order chi connectivity index (χ0) is 18.0. The van der Waals surface area contributed by atoms with Crippen LogP contribution < -0.4 is 5.32 Å². The Kier molecular flexibility index (Phi) is 4.85. The average molecular weight is 358 g/mol. The van der Waals surface area contributed by atoms with E-state index in [1.165, 1.54) is 18.3 Å². The van der Waals surface area contributed by atoms with Crippen LogP contribution in [0.4, 0.5) is 5.13 Å². The Balaban J connectivity index is 1.62. The summed E-state index contributed by atoms with van der Waals surface area (Å²) < 4.78 is 10.8. The van der Waals surface area contributed by atoms with Crippen LogP contribution in [0.2, 0.25) is 0 Å². The minimum Gasteiger partial charge on any atom is -0.464 e. The van der Waals surface area contributed by atoms with Crippen molar-refractivity contribution in [2.24, 2.45) is 0 Å². The van der Waals surface area contributed by atoms with Gasteiger partial charge in [0.05, 0.1) is 18.4 Å². The average Bonchev–Trinajstić information content (AvgIpc) is 3.13. The molecule has 0 saturated heterocycles. The van der Waals surface area contributed by atoms with Gasteiger partial charge in [0.25, 0.3) is 0 Å². The Labute approximate surface area is 148 Å². The van der Waals surface area contributed by atoms with E-state index in [1.54, 1.807) is 11.6 Å². The van der Waals surface area contributed by atoms with Crippen molar-refractivity contribution in [3.8, 4) is 0 Å². The highest BCUT2D eigenvalue weighted by molar-refractivity contribution is 7.13. The molecule has 3 aromatic rings. The molecule has 25 heavy (non-hydrogen) atoms. The Morgan fingerprint density at radius 1 is 1.28 bits per heavy atom. The number of aromatic nitrogens is 1. The van der Waals surface area contributed by atoms with E-state index in [0.717, 1.165) is 27.7 Å². The van der Waals surface area contributed by atoms with Gasteiger partial charge in [0.1, 0.15) is 12.2 Å². The largest absolute Gasteiger partial charge is 0.464 e. The van der Waals surface area contributed by atoms with E-state index in [9.17, 15) is 9.59 Å². The molecule has 0 saturated carbocycles. The summed E-state index contributed by atoms with van der Waals surface area (Å²) in [5.74, 6) is -0.537. The van der Waals surface area contributed by atoms with Gasteiger partial charge < -0.3 is 14.5 Å². The van der Waals surface area contributed by atoms with E-state index in [-0.39, 0.29) is 24.9 Å². The second-order valence-corrected chi connectivity index (χ2v) is 6.71. The maximum atomic E-state index is 12.1. The van der Waals surface area contributed by atoms with E-state index < -0.39 is 0 Å². The van der Waals surface area contributed by atoms with Crippen molar-refractivity contribution in [2.75, 3.05) is 5.32 Å². The predicted molar refractivity (Wildman–Crippen MR) is 95.6 cm³/mol. The third-order valence-corrected chi connectivity index (χ3v) is 4.63.